The number of hydrogen-bond donors (Lipinski definition) is 0. The van der Waals surface area contributed by atoms with E-state index in [4.69, 9.17) is 4.42 Å². The zero-order valence-corrected chi connectivity index (χ0v) is 16.3. The molecule has 7 heteroatoms. The van der Waals surface area contributed by atoms with Crippen LogP contribution < -0.4 is 0 Å². The van der Waals surface area contributed by atoms with Crippen molar-refractivity contribution in [3.63, 3.8) is 0 Å². The molecule has 0 radical (unpaired) electrons. The van der Waals surface area contributed by atoms with Gasteiger partial charge in [0.1, 0.15) is 23.3 Å². The maximum Gasteiger partial charge on any atom is 0.306 e. The first-order valence-corrected chi connectivity index (χ1v) is 9.85. The minimum Gasteiger partial charge on any atom is -0.432 e. The molecule has 0 bridgehead atoms. The maximum atomic E-state index is 13.5. The molecule has 150 valence electrons. The average Bonchev–Trinajstić information content (AvgIpc) is 3.50. The van der Waals surface area contributed by atoms with Crippen LogP contribution in [0.2, 0.25) is 0 Å². The lowest BCUT2D eigenvalue weighted by Gasteiger charge is -2.07. The highest BCUT2D eigenvalue weighted by Gasteiger charge is 2.19. The number of fused-ring (bicyclic) bond motifs is 2. The molecule has 0 fully saturated rings. The summed E-state index contributed by atoms with van der Waals surface area (Å²) in [6.45, 7) is 0.624. The molecule has 3 aromatic heterocycles. The first-order valence-electron chi connectivity index (χ1n) is 9.85. The fourth-order valence-electron chi connectivity index (χ4n) is 3.86. The number of nitrogens with zero attached hydrogens (tertiary/aromatic N) is 5. The van der Waals surface area contributed by atoms with Crippen LogP contribution in [0.1, 0.15) is 5.56 Å². The van der Waals surface area contributed by atoms with Crippen molar-refractivity contribution in [1.82, 2.24) is 24.4 Å². The molecule has 31 heavy (non-hydrogen) atoms. The summed E-state index contributed by atoms with van der Waals surface area (Å²) < 4.78 is 22.8. The van der Waals surface area contributed by atoms with Crippen molar-refractivity contribution in [3.8, 4) is 22.5 Å². The molecule has 3 aromatic carbocycles. The molecule has 0 amide bonds. The van der Waals surface area contributed by atoms with Crippen LogP contribution in [0.25, 0.3) is 39.4 Å². The Labute approximate surface area is 176 Å². The molecule has 6 aromatic rings. The highest BCUT2D eigenvalue weighted by atomic mass is 19.1. The second-order valence-corrected chi connectivity index (χ2v) is 7.31. The maximum absolute atomic E-state index is 13.5. The predicted octanol–water partition coefficient (Wildman–Crippen LogP) is 5.19. The van der Waals surface area contributed by atoms with Gasteiger partial charge in [-0.2, -0.15) is 4.98 Å². The van der Waals surface area contributed by atoms with Gasteiger partial charge in [0.05, 0.1) is 17.8 Å². The molecule has 3 heterocycles. The van der Waals surface area contributed by atoms with Crippen molar-refractivity contribution in [2.45, 2.75) is 6.54 Å². The molecule has 0 N–H and O–H groups in total. The number of imidazole rings is 1. The van der Waals surface area contributed by atoms with E-state index in [1.165, 1.54) is 12.1 Å². The summed E-state index contributed by atoms with van der Waals surface area (Å²) in [6, 6.07) is 22.5. The van der Waals surface area contributed by atoms with Crippen LogP contribution in [-0.2, 0) is 6.54 Å². The first kappa shape index (κ1) is 17.6. The Bertz CT molecular complexity index is 1510. The third kappa shape index (κ3) is 2.98. The van der Waals surface area contributed by atoms with Gasteiger partial charge < -0.3 is 4.42 Å². The van der Waals surface area contributed by atoms with Crippen molar-refractivity contribution in [1.29, 1.82) is 0 Å². The summed E-state index contributed by atoms with van der Waals surface area (Å²) in [5, 5.41) is 8.65. The van der Waals surface area contributed by atoms with E-state index in [0.717, 1.165) is 39.1 Å². The quantitative estimate of drug-likeness (QED) is 0.402. The van der Waals surface area contributed by atoms with E-state index in [-0.39, 0.29) is 5.82 Å². The molecule has 6 nitrogen and oxygen atoms in total. The van der Waals surface area contributed by atoms with Crippen molar-refractivity contribution in [2.75, 3.05) is 0 Å². The van der Waals surface area contributed by atoms with E-state index < -0.39 is 0 Å². The Morgan fingerprint density at radius 3 is 2.55 bits per heavy atom. The molecule has 0 spiro atoms. The van der Waals surface area contributed by atoms with E-state index in [1.807, 2.05) is 45.6 Å². The van der Waals surface area contributed by atoms with Gasteiger partial charge in [-0.25, -0.2) is 9.07 Å². The van der Waals surface area contributed by atoms with Gasteiger partial charge in [0.2, 0.25) is 0 Å². The van der Waals surface area contributed by atoms with Gasteiger partial charge in [-0.1, -0.05) is 41.6 Å². The summed E-state index contributed by atoms with van der Waals surface area (Å²) in [7, 11) is 0. The molecule has 0 aliphatic heterocycles. The monoisotopic (exact) mass is 409 g/mol. The van der Waals surface area contributed by atoms with Gasteiger partial charge in [0, 0.05) is 17.3 Å². The van der Waals surface area contributed by atoms with E-state index in [1.54, 1.807) is 18.4 Å². The Kier molecular flexibility index (Phi) is 3.92. The van der Waals surface area contributed by atoms with Crippen LogP contribution in [0.15, 0.2) is 89.7 Å². The zero-order chi connectivity index (χ0) is 20.8. The summed E-state index contributed by atoms with van der Waals surface area (Å²) in [5.74, 6) is 0.191. The predicted molar refractivity (Wildman–Crippen MR) is 115 cm³/mol. The van der Waals surface area contributed by atoms with Gasteiger partial charge in [-0.3, -0.25) is 4.40 Å². The van der Waals surface area contributed by atoms with Crippen molar-refractivity contribution >= 4 is 16.9 Å². The fraction of sp³-hybridized carbons (Fsp3) is 0.0417. The van der Waals surface area contributed by atoms with E-state index >= 15 is 0 Å². The smallest absolute Gasteiger partial charge is 0.306 e. The molecule has 0 saturated heterocycles. The second-order valence-electron chi connectivity index (χ2n) is 7.31. The second kappa shape index (κ2) is 6.91. The van der Waals surface area contributed by atoms with Crippen LogP contribution in [0.5, 0.6) is 0 Å². The lowest BCUT2D eigenvalue weighted by molar-refractivity contribution is 0.596. The fourth-order valence-corrected chi connectivity index (χ4v) is 3.86. The van der Waals surface area contributed by atoms with Gasteiger partial charge in [-0.15, -0.1) is 5.10 Å². The summed E-state index contributed by atoms with van der Waals surface area (Å²) in [5.41, 5.74) is 6.23. The summed E-state index contributed by atoms with van der Waals surface area (Å²) in [6.07, 6.45) is 3.43. The van der Waals surface area contributed by atoms with Gasteiger partial charge in [0.25, 0.3) is 0 Å². The van der Waals surface area contributed by atoms with E-state index in [0.29, 0.717) is 12.4 Å². The Balaban J connectivity index is 1.52. The Morgan fingerprint density at radius 2 is 1.71 bits per heavy atom. The highest BCUT2D eigenvalue weighted by molar-refractivity contribution is 5.87. The van der Waals surface area contributed by atoms with E-state index in [2.05, 4.69) is 33.5 Å². The Morgan fingerprint density at radius 1 is 0.903 bits per heavy atom. The standard InChI is InChI=1S/C24H16FN5O/c25-19-9-6-17(7-10-19)22-23(29-12-13-31-24(29)26-22)18-8-11-20-21(14-18)30(28-27-20)15-16-4-2-1-3-5-16/h1-14H,15H2. The molecular formula is C24H16FN5O. The number of rotatable bonds is 4. The first-order chi connectivity index (χ1) is 15.3. The summed E-state index contributed by atoms with van der Waals surface area (Å²) >= 11 is 0. The number of hydrogen-bond acceptors (Lipinski definition) is 4. The van der Waals surface area contributed by atoms with Crippen LogP contribution in [0, 0.1) is 5.82 Å². The normalized spacial score (nSPS) is 11.5. The number of halogens is 1. The van der Waals surface area contributed by atoms with Gasteiger partial charge >= 0.3 is 5.84 Å². The minimum absolute atomic E-state index is 0.287. The molecule has 0 saturated carbocycles. The lowest BCUT2D eigenvalue weighted by atomic mass is 10.0. The summed E-state index contributed by atoms with van der Waals surface area (Å²) in [4.78, 5) is 4.64. The van der Waals surface area contributed by atoms with E-state index in [9.17, 15) is 4.39 Å². The van der Waals surface area contributed by atoms with Crippen molar-refractivity contribution in [3.05, 3.63) is 96.6 Å². The Hall–Kier alpha value is -4.26. The number of oxazole rings is 1. The molecule has 0 atom stereocenters. The van der Waals surface area contributed by atoms with Crippen molar-refractivity contribution in [2.24, 2.45) is 0 Å². The van der Waals surface area contributed by atoms with Crippen LogP contribution in [-0.4, -0.2) is 24.4 Å². The molecule has 0 aliphatic carbocycles. The SMILES string of the molecule is Fc1ccc(-c2nc3occn3c2-c2ccc3nnn(Cc4ccccc4)c3c2)cc1. The van der Waals surface area contributed by atoms with Crippen LogP contribution in [0.3, 0.4) is 0 Å². The average molecular weight is 409 g/mol. The van der Waals surface area contributed by atoms with Crippen molar-refractivity contribution < 1.29 is 8.81 Å². The molecule has 0 unspecified atom stereocenters. The minimum atomic E-state index is -0.287. The third-order valence-corrected chi connectivity index (χ3v) is 5.34. The highest BCUT2D eigenvalue weighted by Crippen LogP contribution is 2.34. The van der Waals surface area contributed by atoms with Crippen LogP contribution >= 0.6 is 0 Å². The largest absolute Gasteiger partial charge is 0.432 e. The topological polar surface area (TPSA) is 61.1 Å². The lowest BCUT2D eigenvalue weighted by Crippen LogP contribution is -2.01. The third-order valence-electron chi connectivity index (χ3n) is 5.34. The van der Waals surface area contributed by atoms with Gasteiger partial charge in [-0.05, 0) is 42.0 Å². The number of benzene rings is 3. The zero-order valence-electron chi connectivity index (χ0n) is 16.3. The van der Waals surface area contributed by atoms with Crippen LogP contribution in [0.4, 0.5) is 4.39 Å². The van der Waals surface area contributed by atoms with Gasteiger partial charge in [0.15, 0.2) is 0 Å². The number of aromatic nitrogens is 5. The molecular weight excluding hydrogens is 393 g/mol. The molecule has 0 aliphatic rings. The molecule has 6 rings (SSSR count).